The predicted molar refractivity (Wildman–Crippen MR) is 99.4 cm³/mol. The summed E-state index contributed by atoms with van der Waals surface area (Å²) in [7, 11) is 3.06. The van der Waals surface area contributed by atoms with E-state index in [0.717, 1.165) is 19.3 Å². The molecule has 3 rings (SSSR count). The maximum atomic E-state index is 12.3. The largest absolute Gasteiger partial charge is 0.493 e. The lowest BCUT2D eigenvalue weighted by Crippen LogP contribution is -2.29. The minimum absolute atomic E-state index is 0.408. The van der Waals surface area contributed by atoms with Crippen molar-refractivity contribution < 1.29 is 23.8 Å². The van der Waals surface area contributed by atoms with Gasteiger partial charge in [-0.15, -0.1) is 11.3 Å². The summed E-state index contributed by atoms with van der Waals surface area (Å²) in [6.45, 7) is 1.55. The molecule has 0 saturated heterocycles. The molecule has 0 saturated carbocycles. The van der Waals surface area contributed by atoms with E-state index in [-0.39, 0.29) is 0 Å². The molecule has 2 aromatic rings. The van der Waals surface area contributed by atoms with Crippen LogP contribution in [0.5, 0.6) is 11.5 Å². The Morgan fingerprint density at radius 1 is 1.12 bits per heavy atom. The summed E-state index contributed by atoms with van der Waals surface area (Å²) in [5, 5.41) is 2.72. The lowest BCUT2D eigenvalue weighted by Gasteiger charge is -2.14. The second-order valence-electron chi connectivity index (χ2n) is 6.02. The number of carbonyl (C=O) groups excluding carboxylic acids is 2. The van der Waals surface area contributed by atoms with Gasteiger partial charge in [0, 0.05) is 16.6 Å². The van der Waals surface area contributed by atoms with E-state index in [9.17, 15) is 9.59 Å². The Labute approximate surface area is 156 Å². The number of anilines is 1. The summed E-state index contributed by atoms with van der Waals surface area (Å²) in [6.07, 6.45) is 2.25. The van der Waals surface area contributed by atoms with Gasteiger partial charge in [0.05, 0.1) is 14.2 Å². The van der Waals surface area contributed by atoms with Crippen molar-refractivity contribution >= 4 is 28.9 Å². The molecule has 0 spiro atoms. The fraction of sp³-hybridized carbons (Fsp3) is 0.368. The van der Waals surface area contributed by atoms with Crippen LogP contribution in [0.25, 0.3) is 0 Å². The van der Waals surface area contributed by atoms with Crippen molar-refractivity contribution in [2.75, 3.05) is 19.5 Å². The van der Waals surface area contributed by atoms with Crippen LogP contribution in [0, 0.1) is 0 Å². The van der Waals surface area contributed by atoms with Gasteiger partial charge in [0.15, 0.2) is 17.6 Å². The zero-order valence-electron chi connectivity index (χ0n) is 15.0. The van der Waals surface area contributed by atoms with Gasteiger partial charge in [0.2, 0.25) is 0 Å². The number of aryl methyl sites for hydroxylation is 2. The number of carbonyl (C=O) groups is 2. The van der Waals surface area contributed by atoms with Crippen molar-refractivity contribution in [2.45, 2.75) is 32.3 Å². The van der Waals surface area contributed by atoms with E-state index in [1.54, 1.807) is 25.1 Å². The molecule has 26 heavy (non-hydrogen) atoms. The van der Waals surface area contributed by atoms with Crippen LogP contribution >= 0.6 is 11.3 Å². The number of hydrogen-bond acceptors (Lipinski definition) is 6. The molecule has 1 aliphatic rings. The summed E-state index contributed by atoms with van der Waals surface area (Å²) in [5.74, 6) is 0.202. The topological polar surface area (TPSA) is 73.9 Å². The van der Waals surface area contributed by atoms with Crippen LogP contribution in [0.4, 0.5) is 5.69 Å². The van der Waals surface area contributed by atoms with Gasteiger partial charge >= 0.3 is 5.97 Å². The summed E-state index contributed by atoms with van der Waals surface area (Å²) < 4.78 is 15.7. The fourth-order valence-electron chi connectivity index (χ4n) is 2.86. The monoisotopic (exact) mass is 375 g/mol. The molecular weight excluding hydrogens is 354 g/mol. The molecule has 1 amide bonds. The Morgan fingerprint density at radius 2 is 1.88 bits per heavy atom. The summed E-state index contributed by atoms with van der Waals surface area (Å²) in [5.41, 5.74) is 1.76. The zero-order chi connectivity index (χ0) is 18.7. The first-order chi connectivity index (χ1) is 12.5. The highest BCUT2D eigenvalue weighted by Gasteiger charge is 2.23. The Hall–Kier alpha value is -2.54. The minimum Gasteiger partial charge on any atom is -0.493 e. The van der Waals surface area contributed by atoms with E-state index in [0.29, 0.717) is 22.1 Å². The van der Waals surface area contributed by atoms with Crippen molar-refractivity contribution in [3.63, 3.8) is 0 Å². The average Bonchev–Trinajstić information content (AvgIpc) is 3.23. The van der Waals surface area contributed by atoms with Gasteiger partial charge in [-0.2, -0.15) is 0 Å². The smallest absolute Gasteiger partial charge is 0.349 e. The maximum Gasteiger partial charge on any atom is 0.349 e. The molecule has 0 radical (unpaired) electrons. The number of fused-ring (bicyclic) bond motifs is 1. The first-order valence-electron chi connectivity index (χ1n) is 8.37. The normalized spacial score (nSPS) is 13.7. The fourth-order valence-corrected chi connectivity index (χ4v) is 4.00. The zero-order valence-corrected chi connectivity index (χ0v) is 15.8. The summed E-state index contributed by atoms with van der Waals surface area (Å²) >= 11 is 1.46. The first-order valence-corrected chi connectivity index (χ1v) is 9.19. The van der Waals surface area contributed by atoms with E-state index in [2.05, 4.69) is 5.32 Å². The molecule has 1 N–H and O–H groups in total. The number of thiophene rings is 1. The first kappa shape index (κ1) is 18.3. The van der Waals surface area contributed by atoms with Gasteiger partial charge in [-0.1, -0.05) is 0 Å². The molecule has 7 heteroatoms. The third-order valence-electron chi connectivity index (χ3n) is 4.25. The quantitative estimate of drug-likeness (QED) is 0.783. The molecule has 138 valence electrons. The van der Waals surface area contributed by atoms with Crippen molar-refractivity contribution in [3.8, 4) is 11.5 Å². The second-order valence-corrected chi connectivity index (χ2v) is 7.16. The van der Waals surface area contributed by atoms with Gasteiger partial charge in [0.1, 0.15) is 4.88 Å². The van der Waals surface area contributed by atoms with Gasteiger partial charge in [-0.3, -0.25) is 4.79 Å². The van der Waals surface area contributed by atoms with Crippen molar-refractivity contribution in [3.05, 3.63) is 39.6 Å². The molecule has 1 atom stereocenters. The van der Waals surface area contributed by atoms with E-state index in [1.165, 1.54) is 36.0 Å². The number of rotatable bonds is 6. The number of methoxy groups -OCH3 is 2. The third kappa shape index (κ3) is 3.83. The van der Waals surface area contributed by atoms with E-state index in [4.69, 9.17) is 14.2 Å². The van der Waals surface area contributed by atoms with Crippen molar-refractivity contribution in [1.29, 1.82) is 0 Å². The van der Waals surface area contributed by atoms with Crippen LogP contribution < -0.4 is 14.8 Å². The van der Waals surface area contributed by atoms with Crippen LogP contribution in [-0.4, -0.2) is 32.2 Å². The third-order valence-corrected chi connectivity index (χ3v) is 5.47. The predicted octanol–water partition coefficient (Wildman–Crippen LogP) is 3.44. The molecule has 6 nitrogen and oxygen atoms in total. The van der Waals surface area contributed by atoms with Gasteiger partial charge in [-0.25, -0.2) is 4.79 Å². The Balaban J connectivity index is 1.61. The number of ether oxygens (including phenoxy) is 3. The lowest BCUT2D eigenvalue weighted by atomic mass is 10.2. The molecule has 0 aliphatic heterocycles. The highest BCUT2D eigenvalue weighted by atomic mass is 32.1. The van der Waals surface area contributed by atoms with Crippen LogP contribution in [-0.2, 0) is 22.4 Å². The molecular formula is C19H21NO5S. The number of amides is 1. The lowest BCUT2D eigenvalue weighted by molar-refractivity contribution is -0.123. The number of esters is 1. The highest BCUT2D eigenvalue weighted by molar-refractivity contribution is 7.14. The molecule has 1 aromatic carbocycles. The maximum absolute atomic E-state index is 12.3. The number of benzene rings is 1. The van der Waals surface area contributed by atoms with Crippen LogP contribution in [0.1, 0.15) is 33.5 Å². The van der Waals surface area contributed by atoms with Crippen LogP contribution in [0.3, 0.4) is 0 Å². The second kappa shape index (κ2) is 7.78. The Kier molecular flexibility index (Phi) is 5.46. The van der Waals surface area contributed by atoms with E-state index < -0.39 is 18.0 Å². The van der Waals surface area contributed by atoms with Gasteiger partial charge < -0.3 is 19.5 Å². The SMILES string of the molecule is COc1ccc(NC(=O)[C@@H](C)OC(=O)c2cc3c(s2)CCC3)cc1OC. The van der Waals surface area contributed by atoms with E-state index in [1.807, 2.05) is 6.07 Å². The molecule has 0 unspecified atom stereocenters. The standard InChI is InChI=1S/C19H21NO5S/c1-11(25-19(22)17-9-12-5-4-6-16(12)26-17)18(21)20-13-7-8-14(23-2)15(10-13)24-3/h7-11H,4-6H2,1-3H3,(H,20,21)/t11-/m1/s1. The van der Waals surface area contributed by atoms with Gasteiger partial charge in [-0.05, 0) is 49.9 Å². The highest BCUT2D eigenvalue weighted by Crippen LogP contribution is 2.31. The number of hydrogen-bond donors (Lipinski definition) is 1. The summed E-state index contributed by atoms with van der Waals surface area (Å²) in [6, 6.07) is 6.92. The molecule has 1 aromatic heterocycles. The molecule has 0 bridgehead atoms. The number of nitrogens with one attached hydrogen (secondary N) is 1. The van der Waals surface area contributed by atoms with Crippen molar-refractivity contribution in [1.82, 2.24) is 0 Å². The average molecular weight is 375 g/mol. The van der Waals surface area contributed by atoms with E-state index >= 15 is 0 Å². The Bertz CT molecular complexity index is 808. The van der Waals surface area contributed by atoms with Crippen molar-refractivity contribution in [2.24, 2.45) is 0 Å². The van der Waals surface area contributed by atoms with Crippen LogP contribution in [0.15, 0.2) is 24.3 Å². The molecule has 0 fully saturated rings. The van der Waals surface area contributed by atoms with Gasteiger partial charge in [0.25, 0.3) is 5.91 Å². The van der Waals surface area contributed by atoms with Crippen LogP contribution in [0.2, 0.25) is 0 Å². The molecule has 1 aliphatic carbocycles. The molecule has 1 heterocycles. The summed E-state index contributed by atoms with van der Waals surface area (Å²) in [4.78, 5) is 26.4. The Morgan fingerprint density at radius 3 is 2.58 bits per heavy atom. The minimum atomic E-state index is -0.910.